The lowest BCUT2D eigenvalue weighted by Crippen LogP contribution is -2.63. The van der Waals surface area contributed by atoms with Crippen LogP contribution in [0.3, 0.4) is 0 Å². The Morgan fingerprint density at radius 2 is 1.05 bits per heavy atom. The van der Waals surface area contributed by atoms with Crippen molar-refractivity contribution in [2.75, 3.05) is 6.61 Å². The number of benzene rings is 2. The number of rotatable bonds is 13. The quantitative estimate of drug-likeness (QED) is 0.184. The monoisotopic (exact) mass is 608 g/mol. The zero-order chi connectivity index (χ0) is 30.7. The van der Waals surface area contributed by atoms with E-state index in [2.05, 4.69) is 0 Å². The van der Waals surface area contributed by atoms with Crippen molar-refractivity contribution < 1.29 is 61.0 Å². The molecule has 2 aromatic rings. The molecular weight excluding hydrogens is 575 g/mol. The standard InChI is InChI=1S/C28H33O13P/c1-18(29)37-25-24(41-28(40-21(4)32)27(39-20(3)31)26(25)38-19(2)30)17-36-42(33,34-15-22-11-7-5-8-12-22)35-16-23-13-9-6-10-14-23/h5-14,24-28H,15-17H2,1-4H3/t24-,25-,26+,27+,28?/m1/s1. The van der Waals surface area contributed by atoms with Crippen molar-refractivity contribution in [3.05, 3.63) is 71.8 Å². The zero-order valence-corrected chi connectivity index (χ0v) is 24.4. The topological polar surface area (TPSA) is 159 Å². The summed E-state index contributed by atoms with van der Waals surface area (Å²) in [5, 5.41) is 0. The molecule has 13 nitrogen and oxygen atoms in total. The van der Waals surface area contributed by atoms with Crippen molar-refractivity contribution in [3.63, 3.8) is 0 Å². The van der Waals surface area contributed by atoms with E-state index in [0.29, 0.717) is 11.1 Å². The highest BCUT2D eigenvalue weighted by molar-refractivity contribution is 7.48. The van der Waals surface area contributed by atoms with Gasteiger partial charge in [-0.2, -0.15) is 0 Å². The largest absolute Gasteiger partial charge is 0.475 e. The van der Waals surface area contributed by atoms with Crippen molar-refractivity contribution in [2.24, 2.45) is 0 Å². The summed E-state index contributed by atoms with van der Waals surface area (Å²) in [4.78, 5) is 47.7. The Bertz CT molecular complexity index is 1210. The summed E-state index contributed by atoms with van der Waals surface area (Å²) >= 11 is 0. The molecule has 2 aromatic carbocycles. The molecule has 0 spiro atoms. The third-order valence-electron chi connectivity index (χ3n) is 5.64. The molecule has 0 aliphatic carbocycles. The van der Waals surface area contributed by atoms with Gasteiger partial charge in [0.2, 0.25) is 12.4 Å². The summed E-state index contributed by atoms with van der Waals surface area (Å²) in [6.45, 7) is 3.47. The van der Waals surface area contributed by atoms with Crippen molar-refractivity contribution in [2.45, 2.75) is 71.6 Å². The van der Waals surface area contributed by atoms with Crippen LogP contribution < -0.4 is 0 Å². The second-order valence-corrected chi connectivity index (χ2v) is 10.8. The van der Waals surface area contributed by atoms with Crippen LogP contribution in [-0.2, 0) is 74.2 Å². The van der Waals surface area contributed by atoms with E-state index in [0.717, 1.165) is 27.7 Å². The lowest BCUT2D eigenvalue weighted by molar-refractivity contribution is -0.299. The number of phosphoric acid groups is 1. The van der Waals surface area contributed by atoms with Crippen LogP contribution in [0.1, 0.15) is 38.8 Å². The molecule has 0 bridgehead atoms. The fourth-order valence-electron chi connectivity index (χ4n) is 3.98. The number of hydrogen-bond acceptors (Lipinski definition) is 13. The maximum atomic E-state index is 13.8. The second kappa shape index (κ2) is 15.6. The predicted octanol–water partition coefficient (Wildman–Crippen LogP) is 3.63. The van der Waals surface area contributed by atoms with E-state index in [1.807, 2.05) is 12.1 Å². The van der Waals surface area contributed by atoms with Gasteiger partial charge in [0.1, 0.15) is 6.10 Å². The summed E-state index contributed by atoms with van der Waals surface area (Å²) in [5.41, 5.74) is 1.37. The van der Waals surface area contributed by atoms with Gasteiger partial charge < -0.3 is 23.7 Å². The van der Waals surface area contributed by atoms with Crippen LogP contribution in [0, 0.1) is 0 Å². The molecule has 1 fully saturated rings. The van der Waals surface area contributed by atoms with E-state index in [1.54, 1.807) is 48.5 Å². The van der Waals surface area contributed by atoms with Gasteiger partial charge in [0.15, 0.2) is 12.2 Å². The van der Waals surface area contributed by atoms with Gasteiger partial charge in [-0.3, -0.25) is 32.7 Å². The molecule has 228 valence electrons. The first-order valence-electron chi connectivity index (χ1n) is 12.9. The molecule has 3 rings (SSSR count). The fraction of sp³-hybridized carbons (Fsp3) is 0.429. The molecule has 1 aliphatic rings. The van der Waals surface area contributed by atoms with E-state index >= 15 is 0 Å². The number of phosphoric ester groups is 1. The predicted molar refractivity (Wildman–Crippen MR) is 143 cm³/mol. The van der Waals surface area contributed by atoms with Gasteiger partial charge in [0.25, 0.3) is 0 Å². The minimum absolute atomic E-state index is 0.132. The number of carbonyl (C=O) groups excluding carboxylic acids is 4. The van der Waals surface area contributed by atoms with E-state index in [-0.39, 0.29) is 13.2 Å². The number of ether oxygens (including phenoxy) is 5. The van der Waals surface area contributed by atoms with Crippen LogP contribution in [-0.4, -0.2) is 61.2 Å². The first kappa shape index (κ1) is 32.9. The van der Waals surface area contributed by atoms with E-state index in [9.17, 15) is 23.7 Å². The maximum absolute atomic E-state index is 13.8. The highest BCUT2D eigenvalue weighted by Crippen LogP contribution is 2.51. The maximum Gasteiger partial charge on any atom is 0.475 e. The van der Waals surface area contributed by atoms with Crippen molar-refractivity contribution in [1.29, 1.82) is 0 Å². The van der Waals surface area contributed by atoms with Crippen LogP contribution in [0.4, 0.5) is 0 Å². The molecule has 0 radical (unpaired) electrons. The van der Waals surface area contributed by atoms with Gasteiger partial charge in [-0.25, -0.2) is 4.57 Å². The summed E-state index contributed by atoms with van der Waals surface area (Å²) in [5.74, 6) is -3.25. The third kappa shape index (κ3) is 10.3. The second-order valence-electron chi connectivity index (χ2n) is 9.14. The molecule has 14 heteroatoms. The van der Waals surface area contributed by atoms with Crippen molar-refractivity contribution in [3.8, 4) is 0 Å². The number of esters is 4. The molecule has 0 N–H and O–H groups in total. The Balaban J connectivity index is 1.89. The first-order chi connectivity index (χ1) is 20.0. The molecule has 0 saturated carbocycles. The van der Waals surface area contributed by atoms with Crippen LogP contribution >= 0.6 is 7.82 Å². The Kier molecular flexibility index (Phi) is 12.2. The summed E-state index contributed by atoms with van der Waals surface area (Å²) in [6.07, 6.45) is -7.41. The molecule has 42 heavy (non-hydrogen) atoms. The average molecular weight is 609 g/mol. The SMILES string of the molecule is CC(=O)OC1O[C@H](COP(=O)(OCc2ccccc2)OCc2ccccc2)[C@@H](OC(C)=O)[C@H](OC(C)=O)[C@@H]1OC(C)=O. The third-order valence-corrected chi connectivity index (χ3v) is 7.00. The van der Waals surface area contributed by atoms with Gasteiger partial charge in [-0.05, 0) is 11.1 Å². The van der Waals surface area contributed by atoms with E-state index < -0.39 is 69.0 Å². The van der Waals surface area contributed by atoms with Crippen LogP contribution in [0.25, 0.3) is 0 Å². The molecule has 1 saturated heterocycles. The van der Waals surface area contributed by atoms with Crippen molar-refractivity contribution >= 4 is 31.7 Å². The van der Waals surface area contributed by atoms with Crippen LogP contribution in [0.15, 0.2) is 60.7 Å². The summed E-state index contributed by atoms with van der Waals surface area (Å²) < 4.78 is 57.6. The lowest BCUT2D eigenvalue weighted by Gasteiger charge is -2.43. The van der Waals surface area contributed by atoms with Gasteiger partial charge in [0.05, 0.1) is 19.8 Å². The summed E-state index contributed by atoms with van der Waals surface area (Å²) in [7, 11) is -4.33. The molecular formula is C28H33O13P. The smallest absolute Gasteiger partial charge is 0.456 e. The zero-order valence-electron chi connectivity index (χ0n) is 23.5. The minimum atomic E-state index is -4.33. The van der Waals surface area contributed by atoms with Crippen LogP contribution in [0.5, 0.6) is 0 Å². The average Bonchev–Trinajstić information content (AvgIpc) is 2.93. The molecule has 0 amide bonds. The van der Waals surface area contributed by atoms with Crippen molar-refractivity contribution in [1.82, 2.24) is 0 Å². The lowest BCUT2D eigenvalue weighted by atomic mass is 9.98. The molecule has 0 aromatic heterocycles. The van der Waals surface area contributed by atoms with Gasteiger partial charge in [-0.1, -0.05) is 60.7 Å². The molecule has 1 unspecified atom stereocenters. The molecule has 1 heterocycles. The normalized spacial score (nSPS) is 22.0. The Labute approximate surface area is 242 Å². The molecule has 1 aliphatic heterocycles. The first-order valence-corrected chi connectivity index (χ1v) is 14.4. The highest BCUT2D eigenvalue weighted by Gasteiger charge is 2.54. The Morgan fingerprint density at radius 3 is 1.50 bits per heavy atom. The highest BCUT2D eigenvalue weighted by atomic mass is 31.2. The summed E-state index contributed by atoms with van der Waals surface area (Å²) in [6, 6.07) is 17.7. The Hall–Kier alpha value is -3.61. The van der Waals surface area contributed by atoms with Gasteiger partial charge in [-0.15, -0.1) is 0 Å². The van der Waals surface area contributed by atoms with Crippen LogP contribution in [0.2, 0.25) is 0 Å². The van der Waals surface area contributed by atoms with E-state index in [4.69, 9.17) is 37.3 Å². The molecule has 5 atom stereocenters. The number of carbonyl (C=O) groups is 4. The van der Waals surface area contributed by atoms with Gasteiger partial charge >= 0.3 is 31.7 Å². The minimum Gasteiger partial charge on any atom is -0.456 e. The Morgan fingerprint density at radius 1 is 0.619 bits per heavy atom. The van der Waals surface area contributed by atoms with Gasteiger partial charge in [0, 0.05) is 27.7 Å². The number of hydrogen-bond donors (Lipinski definition) is 0. The van der Waals surface area contributed by atoms with E-state index in [1.165, 1.54) is 0 Å². The fourth-order valence-corrected chi connectivity index (χ4v) is 5.15.